The van der Waals surface area contributed by atoms with Crippen molar-refractivity contribution in [1.82, 2.24) is 0 Å². The number of hydrogen-bond acceptors (Lipinski definition) is 4. The Bertz CT molecular complexity index is 357. The Balaban J connectivity index is 2.10. The minimum atomic E-state index is -0.704. The molecule has 1 aliphatic heterocycles. The fraction of sp³-hybridized carbons (Fsp3) is 0.462. The number of carbonyl (C=O) groups is 1. The van der Waals surface area contributed by atoms with E-state index in [1.807, 2.05) is 30.3 Å². The maximum atomic E-state index is 11.7. The summed E-state index contributed by atoms with van der Waals surface area (Å²) in [6, 6.07) is 9.31. The summed E-state index contributed by atoms with van der Waals surface area (Å²) in [5.41, 5.74) is 0.787. The molecule has 1 unspecified atom stereocenters. The molecule has 92 valence electrons. The first-order chi connectivity index (χ1) is 8.31. The quantitative estimate of drug-likeness (QED) is 0.750. The van der Waals surface area contributed by atoms with E-state index in [4.69, 9.17) is 14.2 Å². The number of esters is 1. The lowest BCUT2D eigenvalue weighted by atomic mass is 10.1. The van der Waals surface area contributed by atoms with Crippen LogP contribution in [-0.4, -0.2) is 26.0 Å². The Morgan fingerprint density at radius 2 is 2.18 bits per heavy atom. The molecule has 1 heterocycles. The van der Waals surface area contributed by atoms with E-state index in [1.54, 1.807) is 0 Å². The molecule has 0 spiro atoms. The van der Waals surface area contributed by atoms with E-state index in [9.17, 15) is 4.79 Å². The first kappa shape index (κ1) is 12.1. The van der Waals surface area contributed by atoms with Gasteiger partial charge in [-0.05, 0) is 12.0 Å². The molecule has 17 heavy (non-hydrogen) atoms. The highest BCUT2D eigenvalue weighted by molar-refractivity contribution is 5.76. The SMILES string of the molecule is COC(=O)[C@@H](OC1CCCO1)c1ccccc1. The molecule has 0 N–H and O–H groups in total. The molecule has 0 radical (unpaired) electrons. The Morgan fingerprint density at radius 1 is 1.41 bits per heavy atom. The summed E-state index contributed by atoms with van der Waals surface area (Å²) < 4.78 is 15.8. The Hall–Kier alpha value is -1.39. The van der Waals surface area contributed by atoms with Gasteiger partial charge in [0.05, 0.1) is 7.11 Å². The van der Waals surface area contributed by atoms with Gasteiger partial charge in [-0.3, -0.25) is 0 Å². The van der Waals surface area contributed by atoms with Crippen molar-refractivity contribution >= 4 is 5.97 Å². The highest BCUT2D eigenvalue weighted by Crippen LogP contribution is 2.25. The topological polar surface area (TPSA) is 44.8 Å². The molecular weight excluding hydrogens is 220 g/mol. The number of benzene rings is 1. The zero-order valence-corrected chi connectivity index (χ0v) is 9.80. The normalized spacial score (nSPS) is 21.1. The second kappa shape index (κ2) is 5.80. The van der Waals surface area contributed by atoms with Crippen LogP contribution in [0.2, 0.25) is 0 Å². The van der Waals surface area contributed by atoms with E-state index >= 15 is 0 Å². The van der Waals surface area contributed by atoms with Crippen molar-refractivity contribution in [2.45, 2.75) is 25.2 Å². The van der Waals surface area contributed by atoms with E-state index in [2.05, 4.69) is 0 Å². The number of rotatable bonds is 4. The van der Waals surface area contributed by atoms with Gasteiger partial charge in [-0.1, -0.05) is 30.3 Å². The number of carbonyl (C=O) groups excluding carboxylic acids is 1. The van der Waals surface area contributed by atoms with Crippen molar-refractivity contribution in [2.24, 2.45) is 0 Å². The van der Waals surface area contributed by atoms with E-state index in [0.717, 1.165) is 18.4 Å². The van der Waals surface area contributed by atoms with Crippen LogP contribution >= 0.6 is 0 Å². The van der Waals surface area contributed by atoms with E-state index in [1.165, 1.54) is 7.11 Å². The number of methoxy groups -OCH3 is 1. The summed E-state index contributed by atoms with van der Waals surface area (Å²) in [5, 5.41) is 0. The fourth-order valence-electron chi connectivity index (χ4n) is 1.81. The Labute approximate surface area is 100 Å². The molecule has 0 bridgehead atoms. The minimum absolute atomic E-state index is 0.306. The van der Waals surface area contributed by atoms with Gasteiger partial charge in [-0.2, -0.15) is 0 Å². The van der Waals surface area contributed by atoms with Crippen molar-refractivity contribution in [3.8, 4) is 0 Å². The van der Waals surface area contributed by atoms with E-state index in [0.29, 0.717) is 6.61 Å². The number of ether oxygens (including phenoxy) is 3. The number of hydrogen-bond donors (Lipinski definition) is 0. The lowest BCUT2D eigenvalue weighted by Gasteiger charge is -2.19. The van der Waals surface area contributed by atoms with Crippen LogP contribution in [0.15, 0.2) is 30.3 Å². The van der Waals surface area contributed by atoms with Crippen LogP contribution in [-0.2, 0) is 19.0 Å². The molecule has 1 fully saturated rings. The predicted molar refractivity (Wildman–Crippen MR) is 61.3 cm³/mol. The van der Waals surface area contributed by atoms with Crippen LogP contribution in [0.4, 0.5) is 0 Å². The van der Waals surface area contributed by atoms with Gasteiger partial charge in [-0.15, -0.1) is 0 Å². The van der Waals surface area contributed by atoms with Gasteiger partial charge in [0.2, 0.25) is 0 Å². The molecule has 2 atom stereocenters. The van der Waals surface area contributed by atoms with Crippen molar-refractivity contribution in [2.75, 3.05) is 13.7 Å². The van der Waals surface area contributed by atoms with Crippen molar-refractivity contribution in [1.29, 1.82) is 0 Å². The van der Waals surface area contributed by atoms with Gasteiger partial charge in [-0.25, -0.2) is 4.79 Å². The molecule has 1 aromatic rings. The van der Waals surface area contributed by atoms with Crippen LogP contribution in [0, 0.1) is 0 Å². The highest BCUT2D eigenvalue weighted by Gasteiger charge is 2.28. The maximum Gasteiger partial charge on any atom is 0.339 e. The summed E-state index contributed by atoms with van der Waals surface area (Å²) in [4.78, 5) is 11.7. The van der Waals surface area contributed by atoms with Crippen LogP contribution < -0.4 is 0 Å². The van der Waals surface area contributed by atoms with Gasteiger partial charge in [0.1, 0.15) is 0 Å². The summed E-state index contributed by atoms with van der Waals surface area (Å²) in [6.45, 7) is 0.688. The molecule has 4 heteroatoms. The van der Waals surface area contributed by atoms with Gasteiger partial charge >= 0.3 is 5.97 Å². The lowest BCUT2D eigenvalue weighted by molar-refractivity contribution is -0.181. The summed E-state index contributed by atoms with van der Waals surface area (Å²) in [5.74, 6) is -0.397. The monoisotopic (exact) mass is 236 g/mol. The van der Waals surface area contributed by atoms with Crippen molar-refractivity contribution in [3.63, 3.8) is 0 Å². The molecule has 1 aromatic carbocycles. The first-order valence-corrected chi connectivity index (χ1v) is 5.71. The molecule has 0 aromatic heterocycles. The van der Waals surface area contributed by atoms with Gasteiger partial charge in [0.25, 0.3) is 0 Å². The average Bonchev–Trinajstić information content (AvgIpc) is 2.89. The molecule has 1 aliphatic rings. The third-order valence-corrected chi connectivity index (χ3v) is 2.69. The van der Waals surface area contributed by atoms with Gasteiger partial charge < -0.3 is 14.2 Å². The Morgan fingerprint density at radius 3 is 2.76 bits per heavy atom. The van der Waals surface area contributed by atoms with Crippen LogP contribution in [0.5, 0.6) is 0 Å². The van der Waals surface area contributed by atoms with Crippen LogP contribution in [0.25, 0.3) is 0 Å². The first-order valence-electron chi connectivity index (χ1n) is 5.71. The summed E-state index contributed by atoms with van der Waals surface area (Å²) in [7, 11) is 1.36. The fourth-order valence-corrected chi connectivity index (χ4v) is 1.81. The Kier molecular flexibility index (Phi) is 4.12. The zero-order valence-electron chi connectivity index (χ0n) is 9.80. The zero-order chi connectivity index (χ0) is 12.1. The highest BCUT2D eigenvalue weighted by atomic mass is 16.7. The third-order valence-electron chi connectivity index (χ3n) is 2.69. The van der Waals surface area contributed by atoms with Gasteiger partial charge in [0, 0.05) is 13.0 Å². The van der Waals surface area contributed by atoms with Gasteiger partial charge in [0.15, 0.2) is 12.4 Å². The molecule has 0 saturated carbocycles. The molecule has 4 nitrogen and oxygen atoms in total. The minimum Gasteiger partial charge on any atom is -0.467 e. The van der Waals surface area contributed by atoms with E-state index in [-0.39, 0.29) is 6.29 Å². The summed E-state index contributed by atoms with van der Waals surface area (Å²) >= 11 is 0. The third kappa shape index (κ3) is 3.05. The second-order valence-corrected chi connectivity index (χ2v) is 3.89. The predicted octanol–water partition coefficient (Wildman–Crippen LogP) is 2.05. The molecular formula is C13H16O4. The van der Waals surface area contributed by atoms with Crippen molar-refractivity contribution in [3.05, 3.63) is 35.9 Å². The van der Waals surface area contributed by atoms with Crippen molar-refractivity contribution < 1.29 is 19.0 Å². The lowest BCUT2D eigenvalue weighted by Crippen LogP contribution is -2.23. The molecule has 1 saturated heterocycles. The molecule has 0 aliphatic carbocycles. The second-order valence-electron chi connectivity index (χ2n) is 3.89. The van der Waals surface area contributed by atoms with Crippen LogP contribution in [0.1, 0.15) is 24.5 Å². The standard InChI is InChI=1S/C13H16O4/c1-15-13(14)12(10-6-3-2-4-7-10)17-11-8-5-9-16-11/h2-4,6-7,11-12H,5,8-9H2,1H3/t11?,12-/m0/s1. The van der Waals surface area contributed by atoms with E-state index < -0.39 is 12.1 Å². The molecule has 0 amide bonds. The smallest absolute Gasteiger partial charge is 0.339 e. The average molecular weight is 236 g/mol. The van der Waals surface area contributed by atoms with Crippen LogP contribution in [0.3, 0.4) is 0 Å². The molecule has 2 rings (SSSR count). The summed E-state index contributed by atoms with van der Waals surface area (Å²) in [6.07, 6.45) is 0.775. The largest absolute Gasteiger partial charge is 0.467 e. The maximum absolute atomic E-state index is 11.7.